The van der Waals surface area contributed by atoms with Gasteiger partial charge in [-0.2, -0.15) is 5.10 Å². The fourth-order valence-electron chi connectivity index (χ4n) is 4.33. The predicted molar refractivity (Wildman–Crippen MR) is 167 cm³/mol. The molecule has 9 nitrogen and oxygen atoms in total. The molecule has 0 aliphatic heterocycles. The Morgan fingerprint density at radius 1 is 1.07 bits per heavy atom. The summed E-state index contributed by atoms with van der Waals surface area (Å²) >= 11 is 12.5. The van der Waals surface area contributed by atoms with Crippen LogP contribution in [0.3, 0.4) is 0 Å². The zero-order valence-corrected chi connectivity index (χ0v) is 24.2. The highest BCUT2D eigenvalue weighted by Crippen LogP contribution is 2.34. The zero-order valence-electron chi connectivity index (χ0n) is 22.6. The van der Waals surface area contributed by atoms with Crippen molar-refractivity contribution in [3.05, 3.63) is 94.2 Å². The van der Waals surface area contributed by atoms with E-state index in [1.807, 2.05) is 55.6 Å². The van der Waals surface area contributed by atoms with E-state index in [2.05, 4.69) is 15.6 Å². The summed E-state index contributed by atoms with van der Waals surface area (Å²) < 4.78 is 7.99. The number of likely N-dealkylation sites (N-methyl/N-ethyl adjacent to an activating group) is 1. The van der Waals surface area contributed by atoms with E-state index in [-0.39, 0.29) is 26.4 Å². The fraction of sp³-hybridized carbons (Fsp3) is 0.290. The minimum absolute atomic E-state index is 0. The molecule has 0 saturated heterocycles. The highest BCUT2D eigenvalue weighted by atomic mass is 35.5. The summed E-state index contributed by atoms with van der Waals surface area (Å²) in [5, 5.41) is 11.6. The molecule has 0 bridgehead atoms. The van der Waals surface area contributed by atoms with E-state index in [0.29, 0.717) is 47.4 Å². The molecule has 0 fully saturated rings. The second-order valence-corrected chi connectivity index (χ2v) is 10.2. The van der Waals surface area contributed by atoms with Gasteiger partial charge in [0.2, 0.25) is 17.7 Å². The minimum atomic E-state index is -0.794. The van der Waals surface area contributed by atoms with Gasteiger partial charge in [-0.15, -0.1) is 0 Å². The summed E-state index contributed by atoms with van der Waals surface area (Å²) in [5.41, 5.74) is 9.60. The Kier molecular flexibility index (Phi) is 12.3. The summed E-state index contributed by atoms with van der Waals surface area (Å²) in [4.78, 5) is 28.9. The second-order valence-electron chi connectivity index (χ2n) is 9.40. The van der Waals surface area contributed by atoms with Gasteiger partial charge >= 0.3 is 0 Å². The molecule has 2 heterocycles. The van der Waals surface area contributed by atoms with Crippen molar-refractivity contribution in [3.63, 3.8) is 0 Å². The molecule has 4 N–H and O–H groups in total. The Hall–Kier alpha value is -3.92. The van der Waals surface area contributed by atoms with E-state index in [0.717, 1.165) is 22.4 Å². The summed E-state index contributed by atoms with van der Waals surface area (Å²) in [6, 6.07) is 17.7. The molecular formula is C31H36Cl2N6O3. The van der Waals surface area contributed by atoms with Gasteiger partial charge in [-0.25, -0.2) is 4.68 Å². The van der Waals surface area contributed by atoms with Crippen molar-refractivity contribution in [2.75, 3.05) is 20.2 Å². The molecular weight excluding hydrogens is 575 g/mol. The van der Waals surface area contributed by atoms with Crippen LogP contribution in [0.25, 0.3) is 16.9 Å². The van der Waals surface area contributed by atoms with E-state index in [1.165, 1.54) is 0 Å². The van der Waals surface area contributed by atoms with Crippen LogP contribution in [0.15, 0.2) is 73.1 Å². The topological polar surface area (TPSA) is 124 Å². The first kappa shape index (κ1) is 32.6. The lowest BCUT2D eigenvalue weighted by molar-refractivity contribution is -0.127. The fourth-order valence-corrected chi connectivity index (χ4v) is 4.62. The molecule has 2 aromatic heterocycles. The Balaban J connectivity index is 0.00000484. The Labute approximate surface area is 256 Å². The van der Waals surface area contributed by atoms with Crippen LogP contribution in [-0.4, -0.2) is 52.8 Å². The lowest BCUT2D eigenvalue weighted by Crippen LogP contribution is -2.45. The summed E-state index contributed by atoms with van der Waals surface area (Å²) in [7, 11) is 1.88. The molecule has 11 heteroatoms. The Morgan fingerprint density at radius 2 is 1.86 bits per heavy atom. The molecule has 4 aromatic rings. The van der Waals surface area contributed by atoms with Gasteiger partial charge in [0.1, 0.15) is 11.7 Å². The van der Waals surface area contributed by atoms with E-state index in [1.54, 1.807) is 29.2 Å². The third kappa shape index (κ3) is 8.55. The average molecular weight is 612 g/mol. The molecule has 0 spiro atoms. The van der Waals surface area contributed by atoms with Gasteiger partial charge in [0, 0.05) is 36.4 Å². The predicted octanol–water partition coefficient (Wildman–Crippen LogP) is 5.01. The highest BCUT2D eigenvalue weighted by molar-refractivity contribution is 6.42. The molecule has 222 valence electrons. The van der Waals surface area contributed by atoms with Crippen LogP contribution < -0.4 is 21.1 Å². The summed E-state index contributed by atoms with van der Waals surface area (Å²) in [5.74, 6) is -0.323. The van der Waals surface area contributed by atoms with Crippen LogP contribution in [0.4, 0.5) is 0 Å². The highest BCUT2D eigenvalue weighted by Gasteiger charge is 2.23. The largest absolute Gasteiger partial charge is 0.477 e. The van der Waals surface area contributed by atoms with Gasteiger partial charge in [0.15, 0.2) is 0 Å². The maximum absolute atomic E-state index is 12.7. The number of pyridine rings is 1. The second kappa shape index (κ2) is 15.9. The van der Waals surface area contributed by atoms with Crippen LogP contribution in [0, 0.1) is 0 Å². The van der Waals surface area contributed by atoms with Crippen LogP contribution in [0.2, 0.25) is 10.0 Å². The van der Waals surface area contributed by atoms with Gasteiger partial charge in [-0.05, 0) is 62.3 Å². The van der Waals surface area contributed by atoms with Gasteiger partial charge < -0.3 is 21.1 Å². The smallest absolute Gasteiger partial charge is 0.240 e. The molecule has 0 saturated carbocycles. The number of nitrogens with one attached hydrogen (secondary N) is 2. The van der Waals surface area contributed by atoms with E-state index in [4.69, 9.17) is 38.8 Å². The number of primary amides is 1. The molecule has 0 aliphatic carbocycles. The number of benzene rings is 2. The maximum Gasteiger partial charge on any atom is 0.240 e. The van der Waals surface area contributed by atoms with Crippen molar-refractivity contribution >= 4 is 35.0 Å². The standard InChI is InChI=1S/C30H32Cl2N6O3.CH4/c1-34-15-13-23-28(21-9-5-14-35-19-21)37-38(22-11-12-24(31)25(32)18-22)30(23)41-16-6-10-27(39)36-26(29(33)40)17-20-7-3-2-4-8-20;/h2-5,7-9,11-12,14,18-19,26,34H,6,10,13,15-17H2,1H3,(H2,33,40)(H,36,39);1H4/t26-;/m0./s1. The molecule has 2 aromatic carbocycles. The monoisotopic (exact) mass is 610 g/mol. The summed E-state index contributed by atoms with van der Waals surface area (Å²) in [6.45, 7) is 0.925. The number of halogens is 2. The Bertz CT molecular complexity index is 1460. The molecule has 4 rings (SSSR count). The van der Waals surface area contributed by atoms with Crippen LogP contribution >= 0.6 is 23.2 Å². The molecule has 0 unspecified atom stereocenters. The van der Waals surface area contributed by atoms with Gasteiger partial charge in [-0.3, -0.25) is 14.6 Å². The van der Waals surface area contributed by atoms with Crippen LogP contribution in [0.1, 0.15) is 31.4 Å². The number of nitrogens with zero attached hydrogens (tertiary/aromatic N) is 3. The molecule has 2 amide bonds. The number of carbonyl (C=O) groups excluding carboxylic acids is 2. The quantitative estimate of drug-likeness (QED) is 0.172. The number of nitrogens with two attached hydrogens (primary N) is 1. The SMILES string of the molecule is C.CNCCc1c(-c2cccnc2)nn(-c2ccc(Cl)c(Cl)c2)c1OCCCC(=O)N[C@@H](Cc1ccccc1)C(N)=O. The van der Waals surface area contributed by atoms with Crippen molar-refractivity contribution in [2.24, 2.45) is 5.73 Å². The van der Waals surface area contributed by atoms with Crippen molar-refractivity contribution in [1.82, 2.24) is 25.4 Å². The lowest BCUT2D eigenvalue weighted by atomic mass is 10.1. The molecule has 42 heavy (non-hydrogen) atoms. The first-order chi connectivity index (χ1) is 19.9. The maximum atomic E-state index is 12.7. The molecule has 1 atom stereocenters. The first-order valence-electron chi connectivity index (χ1n) is 13.2. The van der Waals surface area contributed by atoms with E-state index >= 15 is 0 Å². The van der Waals surface area contributed by atoms with E-state index < -0.39 is 11.9 Å². The van der Waals surface area contributed by atoms with Crippen molar-refractivity contribution in [3.8, 4) is 22.8 Å². The molecule has 0 aliphatic rings. The third-order valence-corrected chi connectivity index (χ3v) is 7.13. The van der Waals surface area contributed by atoms with Gasteiger partial charge in [0.25, 0.3) is 0 Å². The number of carbonyl (C=O) groups is 2. The normalized spacial score (nSPS) is 11.4. The van der Waals surface area contributed by atoms with Gasteiger partial charge in [-0.1, -0.05) is 61.0 Å². The summed E-state index contributed by atoms with van der Waals surface area (Å²) in [6.07, 6.45) is 4.98. The number of rotatable bonds is 14. The Morgan fingerprint density at radius 3 is 2.52 bits per heavy atom. The number of hydrogen-bond acceptors (Lipinski definition) is 6. The average Bonchev–Trinajstić information content (AvgIpc) is 3.34. The van der Waals surface area contributed by atoms with Gasteiger partial charge in [0.05, 0.1) is 22.3 Å². The third-order valence-electron chi connectivity index (χ3n) is 6.39. The van der Waals surface area contributed by atoms with Crippen molar-refractivity contribution in [1.29, 1.82) is 0 Å². The number of aromatic nitrogens is 3. The molecule has 0 radical (unpaired) electrons. The number of amides is 2. The zero-order chi connectivity index (χ0) is 29.2. The van der Waals surface area contributed by atoms with E-state index in [9.17, 15) is 9.59 Å². The first-order valence-corrected chi connectivity index (χ1v) is 14.0. The van der Waals surface area contributed by atoms with Crippen LogP contribution in [0.5, 0.6) is 5.88 Å². The minimum Gasteiger partial charge on any atom is -0.477 e. The van der Waals surface area contributed by atoms with Crippen molar-refractivity contribution in [2.45, 2.75) is 39.2 Å². The number of ether oxygens (including phenoxy) is 1. The lowest BCUT2D eigenvalue weighted by Gasteiger charge is -2.16. The number of hydrogen-bond donors (Lipinski definition) is 3. The van der Waals surface area contributed by atoms with Crippen molar-refractivity contribution < 1.29 is 14.3 Å². The van der Waals surface area contributed by atoms with Crippen LogP contribution in [-0.2, 0) is 22.4 Å².